The third-order valence-electron chi connectivity index (χ3n) is 5.86. The van der Waals surface area contributed by atoms with Crippen LogP contribution in [0.3, 0.4) is 0 Å². The van der Waals surface area contributed by atoms with Crippen LogP contribution in [0.5, 0.6) is 5.75 Å². The van der Waals surface area contributed by atoms with Gasteiger partial charge in [-0.15, -0.1) is 0 Å². The van der Waals surface area contributed by atoms with Gasteiger partial charge in [-0.3, -0.25) is 10.1 Å². The largest absolute Gasteiger partial charge is 0.514 e. The molecule has 0 fully saturated rings. The van der Waals surface area contributed by atoms with Crippen molar-refractivity contribution >= 4 is 22.9 Å². The fourth-order valence-electron chi connectivity index (χ4n) is 4.16. The molecule has 1 aromatic heterocycles. The molecule has 0 radical (unpaired) electrons. The first kappa shape index (κ1) is 25.9. The summed E-state index contributed by atoms with van der Waals surface area (Å²) in [5, 5.41) is 11.6. The lowest BCUT2D eigenvalue weighted by atomic mass is 10.0. The van der Waals surface area contributed by atoms with Crippen LogP contribution in [0, 0.1) is 10.1 Å². The van der Waals surface area contributed by atoms with Crippen molar-refractivity contribution in [1.82, 2.24) is 9.55 Å². The highest BCUT2D eigenvalue weighted by Crippen LogP contribution is 2.32. The Hall–Kier alpha value is -4.20. The van der Waals surface area contributed by atoms with Gasteiger partial charge in [-0.05, 0) is 50.5 Å². The number of non-ortho nitro benzene ring substituents is 1. The van der Waals surface area contributed by atoms with Gasteiger partial charge in [0.05, 0.1) is 10.4 Å². The predicted molar refractivity (Wildman–Crippen MR) is 143 cm³/mol. The van der Waals surface area contributed by atoms with Crippen molar-refractivity contribution in [2.45, 2.75) is 59.1 Å². The molecule has 0 aliphatic heterocycles. The Bertz CT molecular complexity index is 1420. The summed E-state index contributed by atoms with van der Waals surface area (Å²) in [4.78, 5) is 28.1. The number of para-hydroxylation sites is 2. The maximum atomic E-state index is 12.2. The molecule has 192 valence electrons. The zero-order valence-corrected chi connectivity index (χ0v) is 21.6. The molecule has 0 unspecified atom stereocenters. The lowest BCUT2D eigenvalue weighted by molar-refractivity contribution is -0.383. The molecule has 1 heterocycles. The van der Waals surface area contributed by atoms with Gasteiger partial charge in [-0.25, -0.2) is 9.78 Å². The lowest BCUT2D eigenvalue weighted by Gasteiger charge is -2.19. The highest BCUT2D eigenvalue weighted by atomic mass is 16.7. The summed E-state index contributed by atoms with van der Waals surface area (Å²) < 4.78 is 12.9. The second-order valence-corrected chi connectivity index (χ2v) is 9.88. The molecule has 0 N–H and O–H groups in total. The number of imidazole rings is 1. The van der Waals surface area contributed by atoms with E-state index in [1.807, 2.05) is 42.5 Å². The molecule has 8 nitrogen and oxygen atoms in total. The van der Waals surface area contributed by atoms with Gasteiger partial charge in [-0.1, -0.05) is 61.9 Å². The van der Waals surface area contributed by atoms with Crippen molar-refractivity contribution in [1.29, 1.82) is 0 Å². The average Bonchev–Trinajstić information content (AvgIpc) is 3.19. The molecule has 0 aliphatic carbocycles. The fourth-order valence-corrected chi connectivity index (χ4v) is 4.16. The summed E-state index contributed by atoms with van der Waals surface area (Å²) in [7, 11) is 0. The summed E-state index contributed by atoms with van der Waals surface area (Å²) in [5.41, 5.74) is 3.22. The van der Waals surface area contributed by atoms with Crippen LogP contribution in [-0.2, 0) is 17.7 Å². The minimum atomic E-state index is -0.753. The van der Waals surface area contributed by atoms with E-state index in [1.165, 1.54) is 6.07 Å². The molecule has 0 saturated heterocycles. The molecular weight excluding hydrogens is 470 g/mol. The molecule has 0 bridgehead atoms. The van der Waals surface area contributed by atoms with Crippen LogP contribution in [0.4, 0.5) is 10.5 Å². The van der Waals surface area contributed by atoms with Crippen LogP contribution >= 0.6 is 0 Å². The average molecular weight is 502 g/mol. The number of nitro groups is 1. The molecule has 8 heteroatoms. The van der Waals surface area contributed by atoms with E-state index < -0.39 is 11.8 Å². The topological polar surface area (TPSA) is 96.5 Å². The van der Waals surface area contributed by atoms with Crippen LogP contribution in [0.15, 0.2) is 66.7 Å². The van der Waals surface area contributed by atoms with Crippen molar-refractivity contribution < 1.29 is 19.2 Å². The van der Waals surface area contributed by atoms with Gasteiger partial charge in [-0.2, -0.15) is 0 Å². The van der Waals surface area contributed by atoms with Crippen molar-refractivity contribution in [3.05, 3.63) is 88.2 Å². The van der Waals surface area contributed by atoms with Crippen molar-refractivity contribution in [3.63, 3.8) is 0 Å². The number of carbonyl (C=O) groups is 1. The SMILES string of the molecule is CCCCc1nc2c([N+](=O)[O-])cccc2n1Cc1ccc(-c2ccccc2OC(=O)OC(C)(C)C)cc1. The number of nitrogens with zero attached hydrogens (tertiary/aromatic N) is 3. The zero-order chi connectivity index (χ0) is 26.6. The molecule has 0 spiro atoms. The van der Waals surface area contributed by atoms with Crippen LogP contribution in [-0.4, -0.2) is 26.2 Å². The number of unbranched alkanes of at least 4 members (excludes halogenated alkanes) is 1. The Kier molecular flexibility index (Phi) is 7.57. The minimum Gasteiger partial charge on any atom is -0.428 e. The second kappa shape index (κ2) is 10.8. The predicted octanol–water partition coefficient (Wildman–Crippen LogP) is 7.32. The monoisotopic (exact) mass is 501 g/mol. The highest BCUT2D eigenvalue weighted by molar-refractivity contribution is 5.85. The Labute approximate surface area is 216 Å². The highest BCUT2D eigenvalue weighted by Gasteiger charge is 2.21. The lowest BCUT2D eigenvalue weighted by Crippen LogP contribution is -2.26. The summed E-state index contributed by atoms with van der Waals surface area (Å²) in [5.74, 6) is 1.26. The first-order valence-electron chi connectivity index (χ1n) is 12.4. The van der Waals surface area contributed by atoms with Crippen LogP contribution < -0.4 is 4.74 Å². The Morgan fingerprint density at radius 2 is 1.76 bits per heavy atom. The third kappa shape index (κ3) is 6.14. The van der Waals surface area contributed by atoms with Gasteiger partial charge >= 0.3 is 6.16 Å². The summed E-state index contributed by atoms with van der Waals surface area (Å²) in [6.07, 6.45) is 1.95. The number of aromatic nitrogens is 2. The van der Waals surface area contributed by atoms with Crippen molar-refractivity contribution in [3.8, 4) is 16.9 Å². The quantitative estimate of drug-likeness (QED) is 0.109. The van der Waals surface area contributed by atoms with Crippen molar-refractivity contribution in [2.24, 2.45) is 0 Å². The number of carbonyl (C=O) groups excluding carboxylic acids is 1. The molecule has 3 aromatic carbocycles. The Morgan fingerprint density at radius 1 is 1.03 bits per heavy atom. The van der Waals surface area contributed by atoms with Crippen molar-refractivity contribution in [2.75, 3.05) is 0 Å². The number of hydrogen-bond acceptors (Lipinski definition) is 6. The van der Waals surface area contributed by atoms with Gasteiger partial charge in [0.2, 0.25) is 0 Å². The van der Waals surface area contributed by atoms with Gasteiger partial charge < -0.3 is 14.0 Å². The standard InChI is InChI=1S/C29H31N3O5/c1-5-6-14-26-30-27-23(11-9-12-24(27)32(34)35)31(26)19-20-15-17-21(18-16-20)22-10-7-8-13-25(22)36-28(33)37-29(2,3)4/h7-13,15-18H,5-6,14,19H2,1-4H3. The summed E-state index contributed by atoms with van der Waals surface area (Å²) >= 11 is 0. The maximum absolute atomic E-state index is 12.2. The number of hydrogen-bond donors (Lipinski definition) is 0. The minimum absolute atomic E-state index is 0.0194. The van der Waals surface area contributed by atoms with Gasteiger partial charge in [0, 0.05) is 24.6 Å². The van der Waals surface area contributed by atoms with E-state index in [0.29, 0.717) is 17.8 Å². The summed E-state index contributed by atoms with van der Waals surface area (Å²) in [6.45, 7) is 8.00. The first-order valence-corrected chi connectivity index (χ1v) is 12.4. The van der Waals surface area contributed by atoms with E-state index in [1.54, 1.807) is 39.0 Å². The molecule has 4 aromatic rings. The Morgan fingerprint density at radius 3 is 2.43 bits per heavy atom. The van der Waals surface area contributed by atoms with Gasteiger partial charge in [0.25, 0.3) is 5.69 Å². The second-order valence-electron chi connectivity index (χ2n) is 9.88. The number of benzene rings is 3. The molecule has 0 atom stereocenters. The molecule has 37 heavy (non-hydrogen) atoms. The van der Waals surface area contributed by atoms with Crippen LogP contribution in [0.25, 0.3) is 22.2 Å². The maximum Gasteiger partial charge on any atom is 0.514 e. The smallest absolute Gasteiger partial charge is 0.428 e. The van der Waals surface area contributed by atoms with Crippen LogP contribution in [0.2, 0.25) is 0 Å². The molecule has 0 aliphatic rings. The number of ether oxygens (including phenoxy) is 2. The van der Waals surface area contributed by atoms with E-state index in [-0.39, 0.29) is 10.6 Å². The zero-order valence-electron chi connectivity index (χ0n) is 21.6. The number of rotatable bonds is 8. The van der Waals surface area contributed by atoms with E-state index in [9.17, 15) is 14.9 Å². The van der Waals surface area contributed by atoms with E-state index in [2.05, 4.69) is 16.5 Å². The molecule has 0 saturated carbocycles. The number of nitro benzene ring substituents is 1. The molecule has 4 rings (SSSR count). The van der Waals surface area contributed by atoms with E-state index >= 15 is 0 Å². The fraction of sp³-hybridized carbons (Fsp3) is 0.310. The Balaban J connectivity index is 1.62. The number of fused-ring (bicyclic) bond motifs is 1. The van der Waals surface area contributed by atoms with E-state index in [0.717, 1.165) is 47.3 Å². The van der Waals surface area contributed by atoms with Gasteiger partial charge in [0.1, 0.15) is 17.2 Å². The van der Waals surface area contributed by atoms with E-state index in [4.69, 9.17) is 9.47 Å². The molecule has 0 amide bonds. The third-order valence-corrected chi connectivity index (χ3v) is 5.86. The van der Waals surface area contributed by atoms with Gasteiger partial charge in [0.15, 0.2) is 5.52 Å². The van der Waals surface area contributed by atoms with Crippen LogP contribution in [0.1, 0.15) is 51.9 Å². The summed E-state index contributed by atoms with van der Waals surface area (Å²) in [6, 6.07) is 20.3. The number of aryl methyl sites for hydroxylation is 1. The normalized spacial score (nSPS) is 11.5. The molecular formula is C29H31N3O5. The first-order chi connectivity index (χ1) is 17.7.